The minimum Gasteiger partial charge on any atom is -0.542 e. The highest BCUT2D eigenvalue weighted by molar-refractivity contribution is 5.70. The molecule has 0 aromatic heterocycles. The number of carboxylic acid groups (broad SMARTS) is 1. The predicted molar refractivity (Wildman–Crippen MR) is 111 cm³/mol. The fourth-order valence-corrected chi connectivity index (χ4v) is 7.35. The standard InChI is InChI=1S/C22H29NO4.C2HF3O2/c1-23(12-13-3-4-13)10-9-21-18-14-5-6-15(24)19(18)27-20(21)16(26-2)7-8-22(21,25)17(23)11-14;3-2(4,5)1(6)7/h5-6,13,16-17,20,25H,3-4,7-12H2,1-2H3;(H,6,7)/t16-,17+,20-,21-,22+,23?;/m0./s1. The van der Waals surface area contributed by atoms with Crippen LogP contribution in [0.2, 0.25) is 0 Å². The molecule has 2 bridgehead atoms. The molecule has 3 aliphatic carbocycles. The lowest BCUT2D eigenvalue weighted by atomic mass is 9.48. The first-order valence-corrected chi connectivity index (χ1v) is 11.8. The van der Waals surface area contributed by atoms with Gasteiger partial charge in [-0.2, -0.15) is 13.2 Å². The molecule has 0 radical (unpaired) electrons. The van der Waals surface area contributed by atoms with Crippen molar-refractivity contribution >= 4 is 5.97 Å². The van der Waals surface area contributed by atoms with Gasteiger partial charge in [0.25, 0.3) is 0 Å². The highest BCUT2D eigenvalue weighted by Crippen LogP contribution is 2.66. The van der Waals surface area contributed by atoms with Gasteiger partial charge in [0.1, 0.15) is 23.7 Å². The molecule has 6 rings (SSSR count). The maximum Gasteiger partial charge on any atom is 0.430 e. The molecule has 1 spiro atoms. The number of piperidine rings is 1. The van der Waals surface area contributed by atoms with Crippen molar-refractivity contribution in [1.29, 1.82) is 0 Å². The van der Waals surface area contributed by atoms with Gasteiger partial charge < -0.3 is 34.1 Å². The summed E-state index contributed by atoms with van der Waals surface area (Å²) in [6.45, 7) is 2.25. The second-order valence-electron chi connectivity index (χ2n) is 10.8. The zero-order valence-corrected chi connectivity index (χ0v) is 19.2. The first-order valence-electron chi connectivity index (χ1n) is 11.8. The van der Waals surface area contributed by atoms with Gasteiger partial charge in [0.05, 0.1) is 31.7 Å². The number of aromatic hydroxyl groups is 1. The number of hydrogen-bond acceptors (Lipinski definition) is 6. The average molecular weight is 485 g/mol. The first-order chi connectivity index (χ1) is 15.9. The Morgan fingerprint density at radius 1 is 1.29 bits per heavy atom. The van der Waals surface area contributed by atoms with Crippen molar-refractivity contribution in [3.63, 3.8) is 0 Å². The molecule has 188 valence electrons. The van der Waals surface area contributed by atoms with Crippen LogP contribution in [-0.4, -0.2) is 77.9 Å². The molecule has 1 aromatic carbocycles. The number of ether oxygens (including phenoxy) is 2. The number of alkyl halides is 3. The van der Waals surface area contributed by atoms with Crippen molar-refractivity contribution in [3.8, 4) is 11.5 Å². The predicted octanol–water partition coefficient (Wildman–Crippen LogP) is 1.41. The van der Waals surface area contributed by atoms with E-state index in [2.05, 4.69) is 13.1 Å². The number of methoxy groups -OCH3 is 1. The van der Waals surface area contributed by atoms with E-state index in [1.807, 2.05) is 0 Å². The van der Waals surface area contributed by atoms with Crippen molar-refractivity contribution in [2.45, 2.75) is 74.0 Å². The van der Waals surface area contributed by atoms with Crippen molar-refractivity contribution < 1.29 is 47.2 Å². The topological polar surface area (TPSA) is 99.1 Å². The number of carbonyl (C=O) groups excluding carboxylic acids is 1. The monoisotopic (exact) mass is 485 g/mol. The molecule has 1 unspecified atom stereocenters. The van der Waals surface area contributed by atoms with Crippen LogP contribution in [0.25, 0.3) is 0 Å². The van der Waals surface area contributed by atoms with E-state index in [0.717, 1.165) is 48.2 Å². The number of carboxylic acids is 1. The number of quaternary nitrogens is 1. The summed E-state index contributed by atoms with van der Waals surface area (Å²) in [5.41, 5.74) is 1.11. The number of likely N-dealkylation sites (tertiary alicyclic amines) is 1. The van der Waals surface area contributed by atoms with Crippen LogP contribution in [-0.2, 0) is 21.4 Å². The first kappa shape index (κ1) is 23.7. The fraction of sp³-hybridized carbons (Fsp3) is 0.708. The summed E-state index contributed by atoms with van der Waals surface area (Å²) in [6.07, 6.45) is 0.582. The maximum atomic E-state index is 12.4. The summed E-state index contributed by atoms with van der Waals surface area (Å²) in [7, 11) is 4.11. The average Bonchev–Trinajstić information content (AvgIpc) is 3.49. The summed E-state index contributed by atoms with van der Waals surface area (Å²) in [6, 6.07) is 4.03. The van der Waals surface area contributed by atoms with Crippen LogP contribution >= 0.6 is 0 Å². The number of halogens is 3. The van der Waals surface area contributed by atoms with E-state index in [1.54, 1.807) is 13.2 Å². The van der Waals surface area contributed by atoms with E-state index in [1.165, 1.54) is 24.9 Å². The lowest BCUT2D eigenvalue weighted by Crippen LogP contribution is -2.81. The third-order valence-corrected chi connectivity index (χ3v) is 8.96. The molecule has 3 fully saturated rings. The van der Waals surface area contributed by atoms with E-state index in [0.29, 0.717) is 5.75 Å². The molecule has 10 heteroatoms. The SMILES string of the molecule is CO[C@H]1CC[C@@]2(O)[C@H]3Cc4ccc(O)c5c4[C@@]2(CC[N+]3(C)CC2CC2)[C@H]1O5.O=C([O-])C(F)(F)F. The van der Waals surface area contributed by atoms with E-state index < -0.39 is 23.2 Å². The molecule has 7 nitrogen and oxygen atoms in total. The Labute approximate surface area is 195 Å². The van der Waals surface area contributed by atoms with Crippen molar-refractivity contribution in [3.05, 3.63) is 23.3 Å². The zero-order valence-electron chi connectivity index (χ0n) is 19.2. The summed E-state index contributed by atoms with van der Waals surface area (Å²) in [5.74, 6) is -1.37. The van der Waals surface area contributed by atoms with Gasteiger partial charge in [-0.3, -0.25) is 0 Å². The number of aliphatic hydroxyl groups is 1. The number of carbonyl (C=O) groups is 1. The Morgan fingerprint density at radius 2 is 1.97 bits per heavy atom. The van der Waals surface area contributed by atoms with Crippen LogP contribution in [0.1, 0.15) is 43.2 Å². The largest absolute Gasteiger partial charge is 0.542 e. The normalized spacial score (nSPS) is 39.4. The highest BCUT2D eigenvalue weighted by Gasteiger charge is 2.76. The summed E-state index contributed by atoms with van der Waals surface area (Å²) in [4.78, 5) is 8.78. The third-order valence-electron chi connectivity index (χ3n) is 8.96. The Balaban J connectivity index is 0.000000304. The number of nitrogens with zero attached hydrogens (tertiary/aromatic N) is 1. The van der Waals surface area contributed by atoms with Crippen LogP contribution in [0.3, 0.4) is 0 Å². The van der Waals surface area contributed by atoms with Gasteiger partial charge in [0, 0.05) is 31.4 Å². The van der Waals surface area contributed by atoms with Gasteiger partial charge in [0.15, 0.2) is 11.5 Å². The van der Waals surface area contributed by atoms with Gasteiger partial charge in [-0.1, -0.05) is 6.07 Å². The molecule has 5 aliphatic rings. The molecule has 1 aromatic rings. The van der Waals surface area contributed by atoms with Crippen LogP contribution in [0.4, 0.5) is 13.2 Å². The van der Waals surface area contributed by atoms with Crippen LogP contribution < -0.4 is 9.84 Å². The van der Waals surface area contributed by atoms with E-state index in [4.69, 9.17) is 19.4 Å². The van der Waals surface area contributed by atoms with Crippen LogP contribution in [0, 0.1) is 5.92 Å². The van der Waals surface area contributed by atoms with Crippen molar-refractivity contribution in [1.82, 2.24) is 0 Å². The number of phenols is 1. The highest BCUT2D eigenvalue weighted by atomic mass is 19.4. The van der Waals surface area contributed by atoms with Crippen LogP contribution in [0.15, 0.2) is 12.1 Å². The Bertz CT molecular complexity index is 1010. The van der Waals surface area contributed by atoms with E-state index in [-0.39, 0.29) is 24.0 Å². The quantitative estimate of drug-likeness (QED) is 0.629. The molecule has 1 saturated heterocycles. The van der Waals surface area contributed by atoms with Gasteiger partial charge in [-0.25, -0.2) is 0 Å². The summed E-state index contributed by atoms with van der Waals surface area (Å²) in [5, 5.41) is 31.7. The molecule has 0 amide bonds. The van der Waals surface area contributed by atoms with Gasteiger partial charge in [-0.05, 0) is 37.3 Å². The summed E-state index contributed by atoms with van der Waals surface area (Å²) < 4.78 is 44.7. The number of rotatable bonds is 3. The lowest BCUT2D eigenvalue weighted by Gasteiger charge is -2.65. The van der Waals surface area contributed by atoms with Crippen LogP contribution in [0.5, 0.6) is 11.5 Å². The number of phenolic OH excluding ortho intramolecular Hbond substituents is 1. The Morgan fingerprint density at radius 3 is 2.56 bits per heavy atom. The van der Waals surface area contributed by atoms with Gasteiger partial charge in [-0.15, -0.1) is 0 Å². The Hall–Kier alpha value is -2.04. The molecule has 2 heterocycles. The zero-order chi connectivity index (χ0) is 24.7. The lowest BCUT2D eigenvalue weighted by molar-refractivity contribution is -0.950. The molecule has 2 aliphatic heterocycles. The minimum absolute atomic E-state index is 0.0380. The molecule has 34 heavy (non-hydrogen) atoms. The Kier molecular flexibility index (Phi) is 5.21. The second-order valence-corrected chi connectivity index (χ2v) is 10.8. The van der Waals surface area contributed by atoms with E-state index >= 15 is 0 Å². The molecular formula is C24H30F3NO6. The van der Waals surface area contributed by atoms with Gasteiger partial charge in [0.2, 0.25) is 0 Å². The number of aliphatic carboxylic acids is 1. The fourth-order valence-electron chi connectivity index (χ4n) is 7.35. The number of likely N-dealkylation sites (N-methyl/N-ethyl adjacent to an activating group) is 1. The molecule has 6 atom stereocenters. The molecular weight excluding hydrogens is 455 g/mol. The molecule has 2 saturated carbocycles. The number of benzene rings is 1. The van der Waals surface area contributed by atoms with Gasteiger partial charge >= 0.3 is 6.18 Å². The smallest absolute Gasteiger partial charge is 0.430 e. The van der Waals surface area contributed by atoms with E-state index in [9.17, 15) is 23.4 Å². The van der Waals surface area contributed by atoms with Crippen molar-refractivity contribution in [2.24, 2.45) is 5.92 Å². The minimum atomic E-state index is -5.19. The second kappa shape index (κ2) is 7.48. The maximum absolute atomic E-state index is 12.4. The third kappa shape index (κ3) is 3.18. The molecule has 2 N–H and O–H groups in total. The van der Waals surface area contributed by atoms with Crippen molar-refractivity contribution in [2.75, 3.05) is 27.2 Å². The summed E-state index contributed by atoms with van der Waals surface area (Å²) >= 11 is 0. The number of hydrogen-bond donors (Lipinski definition) is 2.